The average Bonchev–Trinajstić information content (AvgIpc) is 3.20. The maximum atomic E-state index is 13.4. The first-order chi connectivity index (χ1) is 15.8. The number of ketones is 1. The number of carbonyl (C=O) groups is 1. The molecule has 1 aromatic heterocycles. The molecule has 33 heavy (non-hydrogen) atoms. The number of aromatic nitrogens is 3. The SMILES string of the molecule is COc1ccccc1-c1nc2n(n1)C(c1ccc(C(C)C)cc1)C1=C(CC(C)(C)CC1=O)N2. The molecule has 6 heteroatoms. The second kappa shape index (κ2) is 7.87. The van der Waals surface area contributed by atoms with Crippen LogP contribution >= 0.6 is 0 Å². The minimum Gasteiger partial charge on any atom is -0.496 e. The molecule has 0 radical (unpaired) electrons. The summed E-state index contributed by atoms with van der Waals surface area (Å²) in [7, 11) is 1.65. The molecule has 3 aromatic rings. The van der Waals surface area contributed by atoms with E-state index in [0.717, 1.165) is 28.8 Å². The number of para-hydroxylation sites is 1. The van der Waals surface area contributed by atoms with Crippen molar-refractivity contribution in [2.24, 2.45) is 5.41 Å². The summed E-state index contributed by atoms with van der Waals surface area (Å²) in [6.07, 6.45) is 1.32. The van der Waals surface area contributed by atoms with Crippen LogP contribution in [0.1, 0.15) is 63.6 Å². The second-order valence-corrected chi connectivity index (χ2v) is 10.1. The van der Waals surface area contributed by atoms with Crippen molar-refractivity contribution >= 4 is 11.7 Å². The molecule has 0 fully saturated rings. The molecule has 0 bridgehead atoms. The lowest BCUT2D eigenvalue weighted by atomic mass is 9.73. The van der Waals surface area contributed by atoms with Crippen molar-refractivity contribution in [1.82, 2.24) is 14.8 Å². The van der Waals surface area contributed by atoms with E-state index < -0.39 is 0 Å². The number of Topliss-reactive ketones (excluding diaryl/α,β-unsaturated/α-hetero) is 1. The average molecular weight is 443 g/mol. The highest BCUT2D eigenvalue weighted by atomic mass is 16.5. The van der Waals surface area contributed by atoms with Crippen LogP contribution in [0.25, 0.3) is 11.4 Å². The number of methoxy groups -OCH3 is 1. The minimum atomic E-state index is -0.308. The normalized spacial score (nSPS) is 19.2. The smallest absolute Gasteiger partial charge is 0.226 e. The van der Waals surface area contributed by atoms with E-state index in [4.69, 9.17) is 14.8 Å². The fraction of sp³-hybridized carbons (Fsp3) is 0.370. The standard InChI is InChI=1S/C27H30N4O2/c1-16(2)17-10-12-18(13-11-17)24-23-20(14-27(3,4)15-21(23)32)28-26-29-25(30-31(24)26)19-8-6-7-9-22(19)33-5/h6-13,16,24H,14-15H2,1-5H3,(H,28,29,30). The van der Waals surface area contributed by atoms with Gasteiger partial charge in [-0.05, 0) is 41.0 Å². The monoisotopic (exact) mass is 442 g/mol. The number of hydrogen-bond donors (Lipinski definition) is 1. The summed E-state index contributed by atoms with van der Waals surface area (Å²) in [6, 6.07) is 16.0. The quantitative estimate of drug-likeness (QED) is 0.558. The number of nitrogens with zero attached hydrogens (tertiary/aromatic N) is 3. The van der Waals surface area contributed by atoms with E-state index in [1.165, 1.54) is 5.56 Å². The van der Waals surface area contributed by atoms with Crippen molar-refractivity contribution in [2.75, 3.05) is 12.4 Å². The third-order valence-corrected chi connectivity index (χ3v) is 6.60. The van der Waals surface area contributed by atoms with Crippen LogP contribution in [0.2, 0.25) is 0 Å². The van der Waals surface area contributed by atoms with Crippen molar-refractivity contribution in [3.8, 4) is 17.1 Å². The zero-order valence-corrected chi connectivity index (χ0v) is 19.8. The molecule has 1 N–H and O–H groups in total. The number of allylic oxidation sites excluding steroid dienone is 2. The summed E-state index contributed by atoms with van der Waals surface area (Å²) in [6.45, 7) is 8.65. The van der Waals surface area contributed by atoms with Gasteiger partial charge in [-0.25, -0.2) is 4.68 Å². The lowest BCUT2D eigenvalue weighted by molar-refractivity contribution is -0.118. The minimum absolute atomic E-state index is 0.0946. The molecule has 0 amide bonds. The number of rotatable bonds is 4. The van der Waals surface area contributed by atoms with Crippen LogP contribution in [0.15, 0.2) is 59.8 Å². The molecule has 1 aliphatic heterocycles. The van der Waals surface area contributed by atoms with E-state index >= 15 is 0 Å². The fourth-order valence-electron chi connectivity index (χ4n) is 4.92. The van der Waals surface area contributed by atoms with Gasteiger partial charge in [0, 0.05) is 17.7 Å². The van der Waals surface area contributed by atoms with Gasteiger partial charge in [-0.3, -0.25) is 4.79 Å². The number of benzene rings is 2. The third kappa shape index (κ3) is 3.73. The molecule has 2 aliphatic rings. The molecule has 0 saturated heterocycles. The Labute approximate surface area is 194 Å². The number of carbonyl (C=O) groups excluding carboxylic acids is 1. The van der Waals surface area contributed by atoms with Crippen LogP contribution in [0.5, 0.6) is 5.75 Å². The Hall–Kier alpha value is -3.41. The highest BCUT2D eigenvalue weighted by molar-refractivity contribution is 6.00. The van der Waals surface area contributed by atoms with Crippen molar-refractivity contribution < 1.29 is 9.53 Å². The van der Waals surface area contributed by atoms with E-state index in [2.05, 4.69) is 57.3 Å². The van der Waals surface area contributed by atoms with Crippen molar-refractivity contribution in [1.29, 1.82) is 0 Å². The van der Waals surface area contributed by atoms with Crippen LogP contribution in [0.4, 0.5) is 5.95 Å². The largest absolute Gasteiger partial charge is 0.496 e. The van der Waals surface area contributed by atoms with Gasteiger partial charge in [0.25, 0.3) is 0 Å². The molecule has 170 valence electrons. The lowest BCUT2D eigenvalue weighted by Crippen LogP contribution is -2.36. The van der Waals surface area contributed by atoms with E-state index in [1.807, 2.05) is 28.9 Å². The van der Waals surface area contributed by atoms with Gasteiger partial charge >= 0.3 is 0 Å². The molecule has 1 atom stereocenters. The first-order valence-corrected chi connectivity index (χ1v) is 11.5. The van der Waals surface area contributed by atoms with Crippen LogP contribution < -0.4 is 10.1 Å². The molecule has 5 rings (SSSR count). The van der Waals surface area contributed by atoms with E-state index in [1.54, 1.807) is 7.11 Å². The Morgan fingerprint density at radius 3 is 2.52 bits per heavy atom. The molecule has 1 unspecified atom stereocenters. The summed E-state index contributed by atoms with van der Waals surface area (Å²) >= 11 is 0. The summed E-state index contributed by atoms with van der Waals surface area (Å²) in [5.41, 5.74) is 4.80. The van der Waals surface area contributed by atoms with Gasteiger partial charge in [0.15, 0.2) is 11.6 Å². The first-order valence-electron chi connectivity index (χ1n) is 11.5. The Morgan fingerprint density at radius 2 is 1.82 bits per heavy atom. The van der Waals surface area contributed by atoms with Crippen molar-refractivity contribution in [2.45, 2.75) is 52.5 Å². The maximum absolute atomic E-state index is 13.4. The van der Waals surface area contributed by atoms with Crippen LogP contribution in [0.3, 0.4) is 0 Å². The van der Waals surface area contributed by atoms with Gasteiger partial charge < -0.3 is 10.1 Å². The molecule has 2 aromatic carbocycles. The summed E-state index contributed by atoms with van der Waals surface area (Å²) in [5.74, 6) is 2.56. The van der Waals surface area contributed by atoms with Crippen molar-refractivity contribution in [3.63, 3.8) is 0 Å². The Kier molecular flexibility index (Phi) is 5.11. The van der Waals surface area contributed by atoms with Crippen LogP contribution in [-0.2, 0) is 4.79 Å². The van der Waals surface area contributed by atoms with E-state index in [0.29, 0.717) is 29.9 Å². The predicted molar refractivity (Wildman–Crippen MR) is 129 cm³/mol. The van der Waals surface area contributed by atoms with Gasteiger partial charge in [-0.1, -0.05) is 64.1 Å². The Balaban J connectivity index is 1.67. The third-order valence-electron chi connectivity index (χ3n) is 6.60. The number of fused-ring (bicyclic) bond motifs is 1. The fourth-order valence-corrected chi connectivity index (χ4v) is 4.92. The van der Waals surface area contributed by atoms with E-state index in [-0.39, 0.29) is 17.2 Å². The van der Waals surface area contributed by atoms with Crippen LogP contribution in [-0.4, -0.2) is 27.7 Å². The van der Waals surface area contributed by atoms with Crippen LogP contribution in [0, 0.1) is 5.41 Å². The van der Waals surface area contributed by atoms with E-state index in [9.17, 15) is 4.79 Å². The van der Waals surface area contributed by atoms with Gasteiger partial charge in [0.05, 0.1) is 12.7 Å². The van der Waals surface area contributed by atoms with Gasteiger partial charge in [0.1, 0.15) is 11.8 Å². The maximum Gasteiger partial charge on any atom is 0.226 e. The van der Waals surface area contributed by atoms with Gasteiger partial charge in [0.2, 0.25) is 5.95 Å². The second-order valence-electron chi connectivity index (χ2n) is 10.1. The number of nitrogens with one attached hydrogen (secondary N) is 1. The first kappa shape index (κ1) is 21.4. The van der Waals surface area contributed by atoms with Gasteiger partial charge in [-0.2, -0.15) is 4.98 Å². The molecule has 6 nitrogen and oxygen atoms in total. The molecular weight excluding hydrogens is 412 g/mol. The number of hydrogen-bond acceptors (Lipinski definition) is 5. The molecule has 0 spiro atoms. The number of ether oxygens (including phenoxy) is 1. The highest BCUT2D eigenvalue weighted by Crippen LogP contribution is 2.46. The zero-order chi connectivity index (χ0) is 23.3. The summed E-state index contributed by atoms with van der Waals surface area (Å²) in [4.78, 5) is 18.2. The molecule has 1 aliphatic carbocycles. The van der Waals surface area contributed by atoms with Gasteiger partial charge in [-0.15, -0.1) is 5.10 Å². The molecular formula is C27H30N4O2. The lowest BCUT2D eigenvalue weighted by Gasteiger charge is -2.38. The zero-order valence-electron chi connectivity index (χ0n) is 19.8. The summed E-state index contributed by atoms with van der Waals surface area (Å²) in [5, 5.41) is 8.33. The highest BCUT2D eigenvalue weighted by Gasteiger charge is 2.42. The number of anilines is 1. The Morgan fingerprint density at radius 1 is 1.09 bits per heavy atom. The predicted octanol–water partition coefficient (Wildman–Crippen LogP) is 5.74. The Bertz CT molecular complexity index is 1250. The topological polar surface area (TPSA) is 69.0 Å². The summed E-state index contributed by atoms with van der Waals surface area (Å²) < 4.78 is 7.41. The van der Waals surface area contributed by atoms with Crippen molar-refractivity contribution in [3.05, 3.63) is 70.9 Å². The molecule has 0 saturated carbocycles. The molecule has 2 heterocycles.